The smallest absolute Gasteiger partial charge is 0.180 e. The van der Waals surface area contributed by atoms with Crippen LogP contribution < -0.4 is 5.73 Å². The van der Waals surface area contributed by atoms with Gasteiger partial charge in [-0.05, 0) is 24.5 Å². The summed E-state index contributed by atoms with van der Waals surface area (Å²) < 4.78 is 1.72. The van der Waals surface area contributed by atoms with E-state index in [4.69, 9.17) is 5.73 Å². The molecule has 0 amide bonds. The molecule has 0 aliphatic rings. The van der Waals surface area contributed by atoms with Crippen molar-refractivity contribution in [2.75, 3.05) is 0 Å². The zero-order valence-corrected chi connectivity index (χ0v) is 10.2. The summed E-state index contributed by atoms with van der Waals surface area (Å²) in [5.74, 6) is 0.742. The SMILES string of the molecule is CCc1nnc(-n2cccn2)c(CN)c1CC. The normalized spacial score (nSPS) is 10.8. The van der Waals surface area contributed by atoms with Gasteiger partial charge in [-0.15, -0.1) is 5.10 Å². The van der Waals surface area contributed by atoms with E-state index >= 15 is 0 Å². The van der Waals surface area contributed by atoms with Gasteiger partial charge in [0.25, 0.3) is 0 Å². The first-order valence-corrected chi connectivity index (χ1v) is 5.89. The molecule has 0 spiro atoms. The molecule has 0 atom stereocenters. The second-order valence-corrected chi connectivity index (χ2v) is 3.79. The molecule has 90 valence electrons. The zero-order chi connectivity index (χ0) is 12.3. The molecule has 5 nitrogen and oxygen atoms in total. The minimum absolute atomic E-state index is 0.459. The fourth-order valence-electron chi connectivity index (χ4n) is 2.03. The molecule has 0 bridgehead atoms. The Morgan fingerprint density at radius 2 is 2.00 bits per heavy atom. The predicted molar refractivity (Wildman–Crippen MR) is 65.8 cm³/mol. The van der Waals surface area contributed by atoms with E-state index in [9.17, 15) is 0 Å². The van der Waals surface area contributed by atoms with E-state index in [1.54, 1.807) is 10.9 Å². The van der Waals surface area contributed by atoms with Crippen LogP contribution in [-0.2, 0) is 19.4 Å². The molecule has 0 aliphatic carbocycles. The summed E-state index contributed by atoms with van der Waals surface area (Å²) in [5, 5.41) is 12.7. The van der Waals surface area contributed by atoms with E-state index in [2.05, 4.69) is 29.1 Å². The summed E-state index contributed by atoms with van der Waals surface area (Å²) >= 11 is 0. The Morgan fingerprint density at radius 1 is 1.18 bits per heavy atom. The maximum Gasteiger partial charge on any atom is 0.180 e. The van der Waals surface area contributed by atoms with E-state index in [1.165, 1.54) is 5.56 Å². The lowest BCUT2D eigenvalue weighted by molar-refractivity contribution is 0.756. The molecule has 2 heterocycles. The minimum Gasteiger partial charge on any atom is -0.326 e. The predicted octanol–water partition coefficient (Wildman–Crippen LogP) is 1.25. The number of hydrogen-bond acceptors (Lipinski definition) is 4. The lowest BCUT2D eigenvalue weighted by Gasteiger charge is -2.13. The number of aromatic nitrogens is 4. The van der Waals surface area contributed by atoms with Gasteiger partial charge in [-0.2, -0.15) is 10.2 Å². The van der Waals surface area contributed by atoms with Crippen LogP contribution in [0.1, 0.15) is 30.7 Å². The van der Waals surface area contributed by atoms with Crippen LogP contribution in [-0.4, -0.2) is 20.0 Å². The van der Waals surface area contributed by atoms with Gasteiger partial charge < -0.3 is 5.73 Å². The van der Waals surface area contributed by atoms with Gasteiger partial charge in [-0.25, -0.2) is 4.68 Å². The summed E-state index contributed by atoms with van der Waals surface area (Å²) in [6.07, 6.45) is 5.37. The lowest BCUT2D eigenvalue weighted by Crippen LogP contribution is -2.14. The number of aryl methyl sites for hydroxylation is 1. The average molecular weight is 231 g/mol. The Bertz CT molecular complexity index is 490. The molecule has 17 heavy (non-hydrogen) atoms. The molecular formula is C12H17N5. The van der Waals surface area contributed by atoms with Gasteiger partial charge in [0, 0.05) is 24.5 Å². The van der Waals surface area contributed by atoms with Crippen LogP contribution in [0.5, 0.6) is 0 Å². The Labute approximate surface area is 101 Å². The standard InChI is InChI=1S/C12H17N5/c1-3-9-10(8-13)12(16-15-11(9)4-2)17-7-5-6-14-17/h5-7H,3-4,8,13H2,1-2H3. The molecule has 0 aromatic carbocycles. The maximum atomic E-state index is 5.85. The van der Waals surface area contributed by atoms with Gasteiger partial charge in [-0.3, -0.25) is 0 Å². The van der Waals surface area contributed by atoms with Gasteiger partial charge in [-0.1, -0.05) is 13.8 Å². The maximum absolute atomic E-state index is 5.85. The van der Waals surface area contributed by atoms with Crippen LogP contribution in [0, 0.1) is 0 Å². The highest BCUT2D eigenvalue weighted by Crippen LogP contribution is 2.18. The van der Waals surface area contributed by atoms with Crippen LogP contribution in [0.15, 0.2) is 18.5 Å². The Balaban J connectivity index is 2.61. The van der Waals surface area contributed by atoms with Crippen LogP contribution in [0.25, 0.3) is 5.82 Å². The van der Waals surface area contributed by atoms with E-state index in [1.807, 2.05) is 12.3 Å². The quantitative estimate of drug-likeness (QED) is 0.859. The van der Waals surface area contributed by atoms with Crippen LogP contribution >= 0.6 is 0 Å². The largest absolute Gasteiger partial charge is 0.326 e. The van der Waals surface area contributed by atoms with Gasteiger partial charge >= 0.3 is 0 Å². The highest BCUT2D eigenvalue weighted by atomic mass is 15.3. The van der Waals surface area contributed by atoms with Gasteiger partial charge in [0.05, 0.1) is 5.69 Å². The fourth-order valence-corrected chi connectivity index (χ4v) is 2.03. The second kappa shape index (κ2) is 5.05. The summed E-state index contributed by atoms with van der Waals surface area (Å²) in [4.78, 5) is 0. The molecule has 0 saturated heterocycles. The van der Waals surface area contributed by atoms with E-state index < -0.39 is 0 Å². The topological polar surface area (TPSA) is 69.6 Å². The zero-order valence-electron chi connectivity index (χ0n) is 10.2. The summed E-state index contributed by atoms with van der Waals surface area (Å²) in [6, 6.07) is 1.86. The highest BCUT2D eigenvalue weighted by molar-refractivity contribution is 5.41. The fraction of sp³-hybridized carbons (Fsp3) is 0.417. The van der Waals surface area contributed by atoms with Crippen molar-refractivity contribution < 1.29 is 0 Å². The van der Waals surface area contributed by atoms with E-state index in [0.717, 1.165) is 29.9 Å². The van der Waals surface area contributed by atoms with Crippen molar-refractivity contribution in [3.05, 3.63) is 35.3 Å². The van der Waals surface area contributed by atoms with E-state index in [-0.39, 0.29) is 0 Å². The first kappa shape index (κ1) is 11.7. The third-order valence-corrected chi connectivity index (χ3v) is 2.86. The van der Waals surface area contributed by atoms with E-state index in [0.29, 0.717) is 6.54 Å². The number of nitrogens with zero attached hydrogens (tertiary/aromatic N) is 4. The number of rotatable bonds is 4. The number of hydrogen-bond donors (Lipinski definition) is 1. The monoisotopic (exact) mass is 231 g/mol. The first-order chi connectivity index (χ1) is 8.31. The third-order valence-electron chi connectivity index (χ3n) is 2.86. The molecule has 0 radical (unpaired) electrons. The summed E-state index contributed by atoms with van der Waals surface area (Å²) in [5.41, 5.74) is 9.13. The van der Waals surface area contributed by atoms with Crippen LogP contribution in [0.2, 0.25) is 0 Å². The molecule has 0 saturated carbocycles. The molecule has 5 heteroatoms. The van der Waals surface area contributed by atoms with Crippen molar-refractivity contribution in [1.29, 1.82) is 0 Å². The lowest BCUT2D eigenvalue weighted by atomic mass is 10.0. The van der Waals surface area contributed by atoms with Crippen molar-refractivity contribution in [2.45, 2.75) is 33.2 Å². The molecule has 2 aromatic rings. The molecule has 0 unspecified atom stereocenters. The summed E-state index contributed by atoms with van der Waals surface area (Å²) in [6.45, 7) is 4.65. The van der Waals surface area contributed by atoms with Gasteiger partial charge in [0.1, 0.15) is 0 Å². The molecule has 2 rings (SSSR count). The first-order valence-electron chi connectivity index (χ1n) is 5.89. The molecule has 0 fully saturated rings. The molecule has 2 aromatic heterocycles. The number of nitrogens with two attached hydrogens (primary N) is 1. The van der Waals surface area contributed by atoms with Crippen molar-refractivity contribution in [3.8, 4) is 5.82 Å². The second-order valence-electron chi connectivity index (χ2n) is 3.79. The molecular weight excluding hydrogens is 214 g/mol. The van der Waals surface area contributed by atoms with Crippen molar-refractivity contribution in [2.24, 2.45) is 5.73 Å². The molecule has 2 N–H and O–H groups in total. The minimum atomic E-state index is 0.459. The molecule has 0 aliphatic heterocycles. The summed E-state index contributed by atoms with van der Waals surface area (Å²) in [7, 11) is 0. The van der Waals surface area contributed by atoms with Gasteiger partial charge in [0.15, 0.2) is 5.82 Å². The van der Waals surface area contributed by atoms with Crippen LogP contribution in [0.4, 0.5) is 0 Å². The van der Waals surface area contributed by atoms with Crippen molar-refractivity contribution >= 4 is 0 Å². The Kier molecular flexibility index (Phi) is 3.49. The van der Waals surface area contributed by atoms with Crippen molar-refractivity contribution in [1.82, 2.24) is 20.0 Å². The van der Waals surface area contributed by atoms with Gasteiger partial charge in [0.2, 0.25) is 0 Å². The average Bonchev–Trinajstić information content (AvgIpc) is 2.90. The van der Waals surface area contributed by atoms with Crippen LogP contribution in [0.3, 0.4) is 0 Å². The Hall–Kier alpha value is -1.75. The Morgan fingerprint density at radius 3 is 2.53 bits per heavy atom. The van der Waals surface area contributed by atoms with Crippen molar-refractivity contribution in [3.63, 3.8) is 0 Å². The third kappa shape index (κ3) is 2.06. The highest BCUT2D eigenvalue weighted by Gasteiger charge is 2.14.